The first kappa shape index (κ1) is 44.5. The highest BCUT2D eigenvalue weighted by atomic mass is 16.6. The lowest BCUT2D eigenvalue weighted by Gasteiger charge is -2.29. The van der Waals surface area contributed by atoms with Crippen molar-refractivity contribution in [1.82, 2.24) is 9.80 Å². The third kappa shape index (κ3) is 12.1. The first-order chi connectivity index (χ1) is 29.9. The number of ether oxygens (including phenoxy) is 3. The van der Waals surface area contributed by atoms with Crippen LogP contribution in [0.5, 0.6) is 11.5 Å². The van der Waals surface area contributed by atoms with Crippen molar-refractivity contribution in [1.29, 1.82) is 0 Å². The van der Waals surface area contributed by atoms with Gasteiger partial charge in [-0.3, -0.25) is 19.4 Å². The molecule has 0 unspecified atom stereocenters. The van der Waals surface area contributed by atoms with E-state index >= 15 is 0 Å². The van der Waals surface area contributed by atoms with Crippen molar-refractivity contribution in [2.24, 2.45) is 0 Å². The molecule has 10 nitrogen and oxygen atoms in total. The Morgan fingerprint density at radius 3 is 1.56 bits per heavy atom. The van der Waals surface area contributed by atoms with E-state index in [1.165, 1.54) is 22.3 Å². The number of furan rings is 2. The molecule has 62 heavy (non-hydrogen) atoms. The molecule has 0 aliphatic carbocycles. The van der Waals surface area contributed by atoms with E-state index < -0.39 is 11.6 Å². The standard InChI is InChI=1S/C28H35NO4.C24H27NO4/c1-5-6-15-31-24-9-10-25-23(17-24)18-26(32-25)21-7-8-22-19-29(13-11-20(22)16-21)14-12-27(30)33-28(2,3)4;1-2-3-12-28-21-6-7-22-20(14-21)15-23(29-22)18-4-5-19-16-25(11-9-24(26)27)10-8-17(19)13-18/h7-10,16-18H,5-6,11-15,19H2,1-4H3;4-7,13-15H,2-3,8-12,16H2,1H3,(H,26,27). The van der Waals surface area contributed by atoms with Gasteiger partial charge in [-0.15, -0.1) is 0 Å². The topological polar surface area (TPSA) is 115 Å². The lowest BCUT2D eigenvalue weighted by Crippen LogP contribution is -2.33. The Morgan fingerprint density at radius 1 is 0.629 bits per heavy atom. The molecule has 2 aromatic heterocycles. The summed E-state index contributed by atoms with van der Waals surface area (Å²) in [7, 11) is 0. The molecule has 0 bridgehead atoms. The first-order valence-corrected chi connectivity index (χ1v) is 22.4. The highest BCUT2D eigenvalue weighted by molar-refractivity contribution is 5.85. The number of rotatable bonds is 16. The Labute approximate surface area is 365 Å². The number of nitrogens with zero attached hydrogens (tertiary/aromatic N) is 2. The average Bonchev–Trinajstić information content (AvgIpc) is 3.89. The molecule has 328 valence electrons. The fourth-order valence-corrected chi connectivity index (χ4v) is 7.98. The average molecular weight is 843 g/mol. The van der Waals surface area contributed by atoms with Gasteiger partial charge in [0.15, 0.2) is 0 Å². The molecule has 0 saturated carbocycles. The molecule has 0 amide bonds. The minimum absolute atomic E-state index is 0.132. The molecular weight excluding hydrogens is 781 g/mol. The molecule has 2 aliphatic rings. The van der Waals surface area contributed by atoms with Crippen molar-refractivity contribution in [2.45, 2.75) is 105 Å². The van der Waals surface area contributed by atoms with Crippen molar-refractivity contribution in [3.63, 3.8) is 0 Å². The number of carboxylic acids is 1. The zero-order valence-electron chi connectivity index (χ0n) is 37.1. The number of hydrogen-bond acceptors (Lipinski definition) is 9. The van der Waals surface area contributed by atoms with Crippen LogP contribution in [0, 0.1) is 0 Å². The number of fused-ring (bicyclic) bond motifs is 4. The van der Waals surface area contributed by atoms with E-state index in [-0.39, 0.29) is 12.4 Å². The molecule has 0 atom stereocenters. The second kappa shape index (κ2) is 20.5. The summed E-state index contributed by atoms with van der Waals surface area (Å²) in [5.74, 6) is 2.64. The molecule has 6 aromatic rings. The Morgan fingerprint density at radius 2 is 1.11 bits per heavy atom. The van der Waals surface area contributed by atoms with Crippen LogP contribution in [0.1, 0.15) is 95.4 Å². The molecule has 10 heteroatoms. The van der Waals surface area contributed by atoms with E-state index in [4.69, 9.17) is 28.2 Å². The van der Waals surface area contributed by atoms with E-state index in [0.29, 0.717) is 13.0 Å². The van der Waals surface area contributed by atoms with Gasteiger partial charge in [-0.2, -0.15) is 0 Å². The summed E-state index contributed by atoms with van der Waals surface area (Å²) in [5.41, 5.74) is 8.74. The zero-order chi connectivity index (χ0) is 43.6. The van der Waals surface area contributed by atoms with Gasteiger partial charge in [-0.25, -0.2) is 0 Å². The summed E-state index contributed by atoms with van der Waals surface area (Å²) in [6, 6.07) is 29.2. The normalized spacial score (nSPS) is 14.2. The molecular formula is C52H62N2O8. The van der Waals surface area contributed by atoms with Crippen molar-refractivity contribution < 1.29 is 37.7 Å². The Bertz CT molecular complexity index is 2460. The second-order valence-electron chi connectivity index (χ2n) is 17.5. The molecule has 1 N–H and O–H groups in total. The number of carbonyl (C=O) groups is 2. The van der Waals surface area contributed by atoms with Crippen molar-refractivity contribution in [3.05, 3.63) is 107 Å². The first-order valence-electron chi connectivity index (χ1n) is 22.4. The quantitative estimate of drug-likeness (QED) is 0.0746. The maximum atomic E-state index is 12.0. The predicted octanol–water partition coefficient (Wildman–Crippen LogP) is 11.5. The third-order valence-corrected chi connectivity index (χ3v) is 11.4. The van der Waals surface area contributed by atoms with Crippen LogP contribution in [0.4, 0.5) is 0 Å². The zero-order valence-corrected chi connectivity index (χ0v) is 37.1. The molecule has 0 fully saturated rings. The second-order valence-corrected chi connectivity index (χ2v) is 17.5. The number of unbranched alkanes of at least 4 members (excludes halogenated alkanes) is 2. The summed E-state index contributed by atoms with van der Waals surface area (Å²) < 4.78 is 29.3. The summed E-state index contributed by atoms with van der Waals surface area (Å²) in [5, 5.41) is 11.0. The number of benzene rings is 4. The van der Waals surface area contributed by atoms with Crippen molar-refractivity contribution in [2.75, 3.05) is 39.4 Å². The van der Waals surface area contributed by atoms with Crippen LogP contribution in [-0.4, -0.2) is 71.8 Å². The lowest BCUT2D eigenvalue weighted by molar-refractivity contribution is -0.155. The van der Waals surface area contributed by atoms with Crippen LogP contribution in [0.15, 0.2) is 93.8 Å². The number of carbonyl (C=O) groups excluding carboxylic acids is 1. The van der Waals surface area contributed by atoms with Gasteiger partial charge in [-0.05, 0) is 129 Å². The SMILES string of the molecule is CCCCOc1ccc2oc(-c3ccc4c(c3)CCN(CCC(=O)O)C4)cc2c1.CCCCOc1ccc2oc(-c3ccc4c(c3)CCN(CCC(=O)OC(C)(C)C)C4)cc2c1. The maximum Gasteiger partial charge on any atom is 0.307 e. The highest BCUT2D eigenvalue weighted by Gasteiger charge is 2.22. The van der Waals surface area contributed by atoms with E-state index in [1.807, 2.05) is 51.1 Å². The van der Waals surface area contributed by atoms with E-state index in [1.54, 1.807) is 0 Å². The minimum Gasteiger partial charge on any atom is -0.494 e. The molecule has 0 saturated heterocycles. The van der Waals surface area contributed by atoms with Gasteiger partial charge in [-0.1, -0.05) is 51.0 Å². The molecule has 4 aromatic carbocycles. The summed E-state index contributed by atoms with van der Waals surface area (Å²) in [6.07, 6.45) is 6.86. The maximum absolute atomic E-state index is 12.0. The number of hydrogen-bond donors (Lipinski definition) is 1. The highest BCUT2D eigenvalue weighted by Crippen LogP contribution is 2.34. The van der Waals surface area contributed by atoms with Gasteiger partial charge in [0, 0.05) is 61.2 Å². The minimum atomic E-state index is -0.741. The summed E-state index contributed by atoms with van der Waals surface area (Å²) >= 11 is 0. The molecule has 0 spiro atoms. The van der Waals surface area contributed by atoms with Crippen LogP contribution >= 0.6 is 0 Å². The van der Waals surface area contributed by atoms with Crippen LogP contribution in [0.3, 0.4) is 0 Å². The Hall–Kier alpha value is -5.58. The van der Waals surface area contributed by atoms with Gasteiger partial charge in [0.1, 0.15) is 39.8 Å². The van der Waals surface area contributed by atoms with Gasteiger partial charge in [0.05, 0.1) is 26.1 Å². The van der Waals surface area contributed by atoms with E-state index in [0.717, 1.165) is 141 Å². The summed E-state index contributed by atoms with van der Waals surface area (Å²) in [6.45, 7) is 16.3. The molecule has 8 rings (SSSR count). The fourth-order valence-electron chi connectivity index (χ4n) is 7.98. The molecule has 2 aliphatic heterocycles. The molecule has 4 heterocycles. The Balaban J connectivity index is 0.000000188. The van der Waals surface area contributed by atoms with Crippen LogP contribution in [0.2, 0.25) is 0 Å². The van der Waals surface area contributed by atoms with Gasteiger partial charge < -0.3 is 28.2 Å². The van der Waals surface area contributed by atoms with Crippen LogP contribution in [0.25, 0.3) is 44.6 Å². The predicted molar refractivity (Wildman–Crippen MR) is 245 cm³/mol. The lowest BCUT2D eigenvalue weighted by atomic mass is 9.96. The van der Waals surface area contributed by atoms with Crippen LogP contribution in [-0.2, 0) is 40.3 Å². The fraction of sp³-hybridized carbons (Fsp3) is 0.423. The van der Waals surface area contributed by atoms with Gasteiger partial charge >= 0.3 is 11.9 Å². The van der Waals surface area contributed by atoms with Crippen molar-refractivity contribution in [3.8, 4) is 34.1 Å². The number of carboxylic acid groups (broad SMARTS) is 1. The third-order valence-electron chi connectivity index (χ3n) is 11.4. The number of esters is 1. The van der Waals surface area contributed by atoms with Crippen LogP contribution < -0.4 is 9.47 Å². The smallest absolute Gasteiger partial charge is 0.307 e. The van der Waals surface area contributed by atoms with Gasteiger partial charge in [0.25, 0.3) is 0 Å². The van der Waals surface area contributed by atoms with Crippen molar-refractivity contribution >= 4 is 33.9 Å². The van der Waals surface area contributed by atoms with E-state index in [9.17, 15) is 9.59 Å². The van der Waals surface area contributed by atoms with Gasteiger partial charge in [0.2, 0.25) is 0 Å². The molecule has 0 radical (unpaired) electrons. The number of aliphatic carboxylic acids is 1. The Kier molecular flexibility index (Phi) is 14.7. The monoisotopic (exact) mass is 842 g/mol. The van der Waals surface area contributed by atoms with E-state index in [2.05, 4.69) is 78.2 Å². The summed E-state index contributed by atoms with van der Waals surface area (Å²) in [4.78, 5) is 27.4. The largest absolute Gasteiger partial charge is 0.494 e.